The summed E-state index contributed by atoms with van der Waals surface area (Å²) >= 11 is 0. The molecule has 0 unspecified atom stereocenters. The Labute approximate surface area is 106 Å². The van der Waals surface area contributed by atoms with Crippen molar-refractivity contribution in [2.75, 3.05) is 5.75 Å². The zero-order valence-electron chi connectivity index (χ0n) is 9.93. The van der Waals surface area contributed by atoms with Crippen LogP contribution in [0.5, 0.6) is 0 Å². The molecule has 3 nitrogen and oxygen atoms in total. The Bertz CT molecular complexity index is 545. The molecule has 0 heterocycles. The first-order valence-corrected chi connectivity index (χ1v) is 7.71. The Morgan fingerprint density at radius 1 is 1.22 bits per heavy atom. The largest absolute Gasteiger partial charge is 0.293 e. The number of Topliss-reactive ketones (excluding diaryl/α,β-unsaturated/α-hetero) is 1. The van der Waals surface area contributed by atoms with Gasteiger partial charge in [0.05, 0.1) is 10.8 Å². The van der Waals surface area contributed by atoms with E-state index < -0.39 is 32.4 Å². The summed E-state index contributed by atoms with van der Waals surface area (Å²) in [4.78, 5) is 11.8. The summed E-state index contributed by atoms with van der Waals surface area (Å²) in [5.41, 5.74) is -0.140. The maximum atomic E-state index is 13.4. The highest BCUT2D eigenvalue weighted by molar-refractivity contribution is 7.92. The zero-order chi connectivity index (χ0) is 13.2. The van der Waals surface area contributed by atoms with E-state index in [0.717, 1.165) is 18.9 Å². The van der Waals surface area contributed by atoms with Crippen LogP contribution in [0.1, 0.15) is 36.0 Å². The molecular formula is C13H15FO3S. The van der Waals surface area contributed by atoms with Gasteiger partial charge < -0.3 is 0 Å². The lowest BCUT2D eigenvalue weighted by Crippen LogP contribution is -2.26. The van der Waals surface area contributed by atoms with Crippen molar-refractivity contribution >= 4 is 15.6 Å². The zero-order valence-corrected chi connectivity index (χ0v) is 10.7. The lowest BCUT2D eigenvalue weighted by molar-refractivity contribution is 0.101. The molecule has 0 aromatic heterocycles. The monoisotopic (exact) mass is 270 g/mol. The number of carbonyl (C=O) groups is 1. The lowest BCUT2D eigenvalue weighted by Gasteiger charge is -2.10. The van der Waals surface area contributed by atoms with Crippen LogP contribution in [0.25, 0.3) is 0 Å². The predicted octanol–water partition coefficient (Wildman–Crippen LogP) is 2.37. The van der Waals surface area contributed by atoms with Crippen LogP contribution in [0, 0.1) is 5.82 Å². The molecule has 2 rings (SSSR count). The van der Waals surface area contributed by atoms with Gasteiger partial charge >= 0.3 is 0 Å². The van der Waals surface area contributed by atoms with Crippen LogP contribution >= 0.6 is 0 Å². The minimum Gasteiger partial charge on any atom is -0.293 e. The Hall–Kier alpha value is -1.23. The van der Waals surface area contributed by atoms with Gasteiger partial charge in [-0.25, -0.2) is 12.8 Å². The van der Waals surface area contributed by atoms with Gasteiger partial charge in [-0.15, -0.1) is 0 Å². The van der Waals surface area contributed by atoms with Gasteiger partial charge in [0.25, 0.3) is 0 Å². The Morgan fingerprint density at radius 2 is 1.83 bits per heavy atom. The molecule has 0 atom stereocenters. The fourth-order valence-electron chi connectivity index (χ4n) is 2.31. The van der Waals surface area contributed by atoms with Gasteiger partial charge in [-0.3, -0.25) is 4.79 Å². The van der Waals surface area contributed by atoms with Gasteiger partial charge in [0, 0.05) is 0 Å². The number of hydrogen-bond acceptors (Lipinski definition) is 3. The quantitative estimate of drug-likeness (QED) is 0.789. The molecule has 1 aromatic rings. The second kappa shape index (κ2) is 5.18. The van der Waals surface area contributed by atoms with E-state index in [1.54, 1.807) is 0 Å². The molecule has 1 fully saturated rings. The van der Waals surface area contributed by atoms with E-state index in [-0.39, 0.29) is 5.56 Å². The second-order valence-electron chi connectivity index (χ2n) is 4.62. The molecule has 0 spiro atoms. The van der Waals surface area contributed by atoms with Crippen molar-refractivity contribution in [1.82, 2.24) is 0 Å². The van der Waals surface area contributed by atoms with Crippen molar-refractivity contribution in [3.05, 3.63) is 35.6 Å². The summed E-state index contributed by atoms with van der Waals surface area (Å²) in [6.45, 7) is 0. The minimum absolute atomic E-state index is 0.140. The molecule has 1 aromatic carbocycles. The predicted molar refractivity (Wildman–Crippen MR) is 66.8 cm³/mol. The third-order valence-electron chi connectivity index (χ3n) is 3.32. The number of benzene rings is 1. The average Bonchev–Trinajstić information content (AvgIpc) is 2.82. The van der Waals surface area contributed by atoms with Gasteiger partial charge in [-0.2, -0.15) is 0 Å². The number of ketones is 1. The SMILES string of the molecule is O=C(CS(=O)(=O)C1CCCC1)c1ccccc1F. The van der Waals surface area contributed by atoms with Crippen molar-refractivity contribution in [1.29, 1.82) is 0 Å². The van der Waals surface area contributed by atoms with Crippen molar-refractivity contribution < 1.29 is 17.6 Å². The smallest absolute Gasteiger partial charge is 0.180 e. The number of hydrogen-bond donors (Lipinski definition) is 0. The van der Waals surface area contributed by atoms with Gasteiger partial charge in [-0.1, -0.05) is 25.0 Å². The van der Waals surface area contributed by atoms with E-state index in [2.05, 4.69) is 0 Å². The number of halogens is 1. The topological polar surface area (TPSA) is 51.2 Å². The van der Waals surface area contributed by atoms with E-state index >= 15 is 0 Å². The first kappa shape index (κ1) is 13.2. The van der Waals surface area contributed by atoms with Crippen LogP contribution in [0.15, 0.2) is 24.3 Å². The molecule has 5 heteroatoms. The highest BCUT2D eigenvalue weighted by Gasteiger charge is 2.31. The summed E-state index contributed by atoms with van der Waals surface area (Å²) in [6, 6.07) is 5.48. The Morgan fingerprint density at radius 3 is 2.44 bits per heavy atom. The van der Waals surface area contributed by atoms with E-state index in [1.807, 2.05) is 0 Å². The minimum atomic E-state index is -3.44. The molecule has 0 saturated heterocycles. The summed E-state index contributed by atoms with van der Waals surface area (Å²) in [5, 5.41) is -0.423. The first-order chi connectivity index (χ1) is 8.50. The summed E-state index contributed by atoms with van der Waals surface area (Å²) in [6.07, 6.45) is 3.01. The number of sulfone groups is 1. The standard InChI is InChI=1S/C13H15FO3S/c14-12-8-4-3-7-11(12)13(15)9-18(16,17)10-5-1-2-6-10/h3-4,7-8,10H,1-2,5-6,9H2. The second-order valence-corrected chi connectivity index (χ2v) is 6.90. The molecule has 98 valence electrons. The van der Waals surface area contributed by atoms with Crippen molar-refractivity contribution in [2.24, 2.45) is 0 Å². The van der Waals surface area contributed by atoms with Crippen LogP contribution in [-0.4, -0.2) is 25.2 Å². The Kier molecular flexibility index (Phi) is 3.80. The fraction of sp³-hybridized carbons (Fsp3) is 0.462. The molecule has 1 saturated carbocycles. The first-order valence-electron chi connectivity index (χ1n) is 6.00. The molecular weight excluding hydrogens is 255 g/mol. The average molecular weight is 270 g/mol. The Balaban J connectivity index is 2.14. The van der Waals surface area contributed by atoms with Gasteiger partial charge in [0.15, 0.2) is 15.6 Å². The maximum absolute atomic E-state index is 13.4. The van der Waals surface area contributed by atoms with E-state index in [9.17, 15) is 17.6 Å². The molecule has 1 aliphatic carbocycles. The van der Waals surface area contributed by atoms with Crippen LogP contribution < -0.4 is 0 Å². The van der Waals surface area contributed by atoms with Crippen LogP contribution in [0.3, 0.4) is 0 Å². The molecule has 1 aliphatic rings. The molecule has 0 aliphatic heterocycles. The maximum Gasteiger partial charge on any atom is 0.180 e. The van der Waals surface area contributed by atoms with Crippen molar-refractivity contribution in [3.8, 4) is 0 Å². The van der Waals surface area contributed by atoms with E-state index in [1.165, 1.54) is 18.2 Å². The van der Waals surface area contributed by atoms with Gasteiger partial charge in [-0.05, 0) is 25.0 Å². The molecule has 0 bridgehead atoms. The summed E-state index contributed by atoms with van der Waals surface area (Å²) < 4.78 is 37.3. The van der Waals surface area contributed by atoms with Crippen molar-refractivity contribution in [2.45, 2.75) is 30.9 Å². The van der Waals surface area contributed by atoms with Gasteiger partial charge in [0.1, 0.15) is 11.6 Å². The highest BCUT2D eigenvalue weighted by Crippen LogP contribution is 2.25. The van der Waals surface area contributed by atoms with E-state index in [0.29, 0.717) is 12.8 Å². The third kappa shape index (κ3) is 2.77. The van der Waals surface area contributed by atoms with Crippen LogP contribution in [-0.2, 0) is 9.84 Å². The van der Waals surface area contributed by atoms with Crippen LogP contribution in [0.2, 0.25) is 0 Å². The number of rotatable bonds is 4. The molecule has 0 N–H and O–H groups in total. The lowest BCUT2D eigenvalue weighted by atomic mass is 10.1. The fourth-order valence-corrected chi connectivity index (χ4v) is 4.12. The molecule has 0 radical (unpaired) electrons. The number of carbonyl (C=O) groups excluding carboxylic acids is 1. The molecule has 18 heavy (non-hydrogen) atoms. The highest BCUT2D eigenvalue weighted by atomic mass is 32.2. The molecule has 0 amide bonds. The summed E-state index contributed by atoms with van der Waals surface area (Å²) in [7, 11) is -3.44. The van der Waals surface area contributed by atoms with Crippen LogP contribution in [0.4, 0.5) is 4.39 Å². The van der Waals surface area contributed by atoms with Crippen molar-refractivity contribution in [3.63, 3.8) is 0 Å². The third-order valence-corrected chi connectivity index (χ3v) is 5.47. The van der Waals surface area contributed by atoms with E-state index in [4.69, 9.17) is 0 Å². The normalized spacial score (nSPS) is 16.9. The van der Waals surface area contributed by atoms with Gasteiger partial charge in [0.2, 0.25) is 0 Å². The summed E-state index contributed by atoms with van der Waals surface area (Å²) in [5.74, 6) is -1.90.